The van der Waals surface area contributed by atoms with Crippen molar-refractivity contribution in [2.24, 2.45) is 5.41 Å². The number of thiazole rings is 1. The Morgan fingerprint density at radius 2 is 1.89 bits per heavy atom. The Balaban J connectivity index is 0.00000481. The van der Waals surface area contributed by atoms with Gasteiger partial charge in [-0.25, -0.2) is 4.98 Å². The van der Waals surface area contributed by atoms with Gasteiger partial charge < -0.3 is 26.0 Å². The molecular weight excluding hydrogens is 514 g/mol. The fourth-order valence-electron chi connectivity index (χ4n) is 4.34. The molecule has 0 saturated carbocycles. The molecule has 204 valence electrons. The van der Waals surface area contributed by atoms with E-state index in [1.54, 1.807) is 18.4 Å². The second-order valence-corrected chi connectivity index (χ2v) is 11.2. The maximum atomic E-state index is 13.4. The number of halogens is 1. The van der Waals surface area contributed by atoms with Crippen molar-refractivity contribution in [3.63, 3.8) is 0 Å². The van der Waals surface area contributed by atoms with Crippen molar-refractivity contribution in [1.82, 2.24) is 25.8 Å². The van der Waals surface area contributed by atoms with Gasteiger partial charge in [-0.05, 0) is 36.9 Å². The highest BCUT2D eigenvalue weighted by molar-refractivity contribution is 7.13. The highest BCUT2D eigenvalue weighted by Crippen LogP contribution is 2.28. The van der Waals surface area contributed by atoms with Crippen LogP contribution in [0.2, 0.25) is 0 Å². The number of carbonyl (C=O) groups excluding carboxylic acids is 3. The van der Waals surface area contributed by atoms with E-state index in [1.807, 2.05) is 45.3 Å². The predicted molar refractivity (Wildman–Crippen MR) is 148 cm³/mol. The fourth-order valence-corrected chi connectivity index (χ4v) is 5.15. The van der Waals surface area contributed by atoms with Crippen LogP contribution < -0.4 is 16.0 Å². The lowest BCUT2D eigenvalue weighted by molar-refractivity contribution is -0.143. The largest absolute Gasteiger partial charge is 0.391 e. The SMILES string of the molecule is CNCC(=O)N[C@H](C(=O)N1C[C@@H](O)C[C@H]1C(=O)NCCc1ccc(-c2scnc2C)cc1)C(C)(C)C.Cl. The third-order valence-electron chi connectivity index (χ3n) is 6.29. The number of likely N-dealkylation sites (N-methyl/N-ethyl adjacent to an activating group) is 1. The summed E-state index contributed by atoms with van der Waals surface area (Å²) in [7, 11) is 1.65. The molecule has 2 heterocycles. The highest BCUT2D eigenvalue weighted by atomic mass is 35.5. The number of carbonyl (C=O) groups is 3. The van der Waals surface area contributed by atoms with Crippen molar-refractivity contribution in [1.29, 1.82) is 0 Å². The van der Waals surface area contributed by atoms with Crippen LogP contribution in [-0.2, 0) is 20.8 Å². The molecular formula is C26H38ClN5O4S. The number of nitrogens with zero attached hydrogens (tertiary/aromatic N) is 2. The third kappa shape index (κ3) is 7.98. The summed E-state index contributed by atoms with van der Waals surface area (Å²) in [6, 6.07) is 6.59. The average molecular weight is 552 g/mol. The molecule has 0 unspecified atom stereocenters. The van der Waals surface area contributed by atoms with Gasteiger partial charge in [-0.1, -0.05) is 45.0 Å². The maximum absolute atomic E-state index is 13.4. The van der Waals surface area contributed by atoms with E-state index in [1.165, 1.54) is 4.90 Å². The average Bonchev–Trinajstić information content (AvgIpc) is 3.42. The summed E-state index contributed by atoms with van der Waals surface area (Å²) in [5.41, 5.74) is 4.47. The van der Waals surface area contributed by atoms with Crippen molar-refractivity contribution in [3.8, 4) is 10.4 Å². The van der Waals surface area contributed by atoms with Crippen LogP contribution in [0.5, 0.6) is 0 Å². The quantitative estimate of drug-likeness (QED) is 0.377. The van der Waals surface area contributed by atoms with Gasteiger partial charge in [-0.2, -0.15) is 0 Å². The summed E-state index contributed by atoms with van der Waals surface area (Å²) in [4.78, 5) is 45.5. The van der Waals surface area contributed by atoms with Gasteiger partial charge in [0.25, 0.3) is 0 Å². The lowest BCUT2D eigenvalue weighted by Gasteiger charge is -2.35. The topological polar surface area (TPSA) is 124 Å². The number of amides is 3. The molecule has 1 saturated heterocycles. The molecule has 1 aromatic carbocycles. The highest BCUT2D eigenvalue weighted by Gasteiger charge is 2.44. The Hall–Kier alpha value is -2.53. The molecule has 3 amide bonds. The molecule has 1 aromatic heterocycles. The van der Waals surface area contributed by atoms with Crippen molar-refractivity contribution in [3.05, 3.63) is 41.0 Å². The number of aliphatic hydroxyl groups is 1. The van der Waals surface area contributed by atoms with E-state index >= 15 is 0 Å². The monoisotopic (exact) mass is 551 g/mol. The zero-order valence-electron chi connectivity index (χ0n) is 22.0. The van der Waals surface area contributed by atoms with Crippen LogP contribution in [0, 0.1) is 12.3 Å². The first kappa shape index (κ1) is 30.7. The summed E-state index contributed by atoms with van der Waals surface area (Å²) in [6.45, 7) is 8.12. The normalized spacial score (nSPS) is 18.2. The zero-order valence-corrected chi connectivity index (χ0v) is 23.7. The number of hydrogen-bond acceptors (Lipinski definition) is 7. The Bertz CT molecular complexity index is 1070. The molecule has 3 atom stereocenters. The molecule has 3 rings (SSSR count). The first-order valence-electron chi connectivity index (χ1n) is 12.2. The van der Waals surface area contributed by atoms with Gasteiger partial charge in [0.1, 0.15) is 12.1 Å². The Kier molecular flexibility index (Phi) is 11.0. The van der Waals surface area contributed by atoms with Gasteiger partial charge in [0, 0.05) is 19.5 Å². The minimum absolute atomic E-state index is 0. The number of aromatic nitrogens is 1. The van der Waals surface area contributed by atoms with E-state index < -0.39 is 23.6 Å². The smallest absolute Gasteiger partial charge is 0.246 e. The van der Waals surface area contributed by atoms with E-state index in [9.17, 15) is 19.5 Å². The Labute approximate surface area is 228 Å². The van der Waals surface area contributed by atoms with Crippen molar-refractivity contribution < 1.29 is 19.5 Å². The van der Waals surface area contributed by atoms with Crippen LogP contribution >= 0.6 is 23.7 Å². The van der Waals surface area contributed by atoms with Crippen LogP contribution in [-0.4, -0.2) is 77.6 Å². The minimum atomic E-state index is -0.820. The van der Waals surface area contributed by atoms with Crippen LogP contribution in [0.4, 0.5) is 0 Å². The molecule has 11 heteroatoms. The molecule has 1 aliphatic heterocycles. The lowest BCUT2D eigenvalue weighted by atomic mass is 9.85. The summed E-state index contributed by atoms with van der Waals surface area (Å²) in [6.07, 6.45) is 0.0183. The summed E-state index contributed by atoms with van der Waals surface area (Å²) >= 11 is 1.61. The summed E-state index contributed by atoms with van der Waals surface area (Å²) in [5.74, 6) is -0.966. The minimum Gasteiger partial charge on any atom is -0.391 e. The fraction of sp³-hybridized carbons (Fsp3) is 0.538. The Morgan fingerprint density at radius 1 is 1.22 bits per heavy atom. The van der Waals surface area contributed by atoms with Crippen molar-refractivity contribution in [2.45, 2.75) is 58.7 Å². The molecule has 0 radical (unpaired) electrons. The van der Waals surface area contributed by atoms with Gasteiger partial charge in [-0.15, -0.1) is 23.7 Å². The standard InChI is InChI=1S/C26H37N5O4S.ClH/c1-16-22(36-15-29-16)18-8-6-17(7-9-18)10-11-28-24(34)20-12-19(32)14-31(20)25(35)23(26(2,3)4)30-21(33)13-27-5;/h6-9,15,19-20,23,27,32H,10-14H2,1-5H3,(H,28,34)(H,30,33);1H/t19-,20-,23+;/m0./s1. The Morgan fingerprint density at radius 3 is 2.46 bits per heavy atom. The molecule has 1 aliphatic rings. The molecule has 0 aliphatic carbocycles. The number of benzene rings is 1. The number of aliphatic hydroxyl groups excluding tert-OH is 1. The number of rotatable bonds is 9. The number of hydrogen-bond donors (Lipinski definition) is 4. The second kappa shape index (κ2) is 13.3. The second-order valence-electron chi connectivity index (χ2n) is 10.3. The number of nitrogens with one attached hydrogen (secondary N) is 3. The van der Waals surface area contributed by atoms with Gasteiger partial charge in [0.2, 0.25) is 17.7 Å². The van der Waals surface area contributed by atoms with Crippen LogP contribution in [0.3, 0.4) is 0 Å². The van der Waals surface area contributed by atoms with Gasteiger partial charge in [0.05, 0.1) is 28.7 Å². The molecule has 0 spiro atoms. The first-order valence-corrected chi connectivity index (χ1v) is 13.1. The molecule has 9 nitrogen and oxygen atoms in total. The maximum Gasteiger partial charge on any atom is 0.246 e. The van der Waals surface area contributed by atoms with Gasteiger partial charge in [0.15, 0.2) is 0 Å². The van der Waals surface area contributed by atoms with E-state index in [4.69, 9.17) is 0 Å². The molecule has 0 bridgehead atoms. The lowest BCUT2D eigenvalue weighted by Crippen LogP contribution is -2.58. The van der Waals surface area contributed by atoms with Crippen molar-refractivity contribution in [2.75, 3.05) is 26.7 Å². The summed E-state index contributed by atoms with van der Waals surface area (Å²) in [5, 5.41) is 18.7. The number of likely N-dealkylation sites (tertiary alicyclic amines) is 1. The van der Waals surface area contributed by atoms with E-state index in [2.05, 4.69) is 33.1 Å². The zero-order chi connectivity index (χ0) is 26.5. The van der Waals surface area contributed by atoms with Crippen LogP contribution in [0.1, 0.15) is 38.4 Å². The van der Waals surface area contributed by atoms with E-state index in [-0.39, 0.29) is 49.6 Å². The molecule has 2 aromatic rings. The number of β-amino-alcohol motifs (C(OH)–C–C–N with tert-alkyl or cyclic N) is 1. The van der Waals surface area contributed by atoms with Crippen LogP contribution in [0.15, 0.2) is 29.8 Å². The van der Waals surface area contributed by atoms with Crippen molar-refractivity contribution >= 4 is 41.5 Å². The third-order valence-corrected chi connectivity index (χ3v) is 7.27. The predicted octanol–water partition coefficient (Wildman–Crippen LogP) is 1.91. The van der Waals surface area contributed by atoms with E-state index in [0.29, 0.717) is 13.0 Å². The summed E-state index contributed by atoms with van der Waals surface area (Å²) < 4.78 is 0. The molecule has 1 fully saturated rings. The van der Waals surface area contributed by atoms with E-state index in [0.717, 1.165) is 21.7 Å². The molecule has 4 N–H and O–H groups in total. The van der Waals surface area contributed by atoms with Gasteiger partial charge in [-0.3, -0.25) is 14.4 Å². The molecule has 37 heavy (non-hydrogen) atoms. The van der Waals surface area contributed by atoms with Crippen LogP contribution in [0.25, 0.3) is 10.4 Å². The van der Waals surface area contributed by atoms with Gasteiger partial charge >= 0.3 is 0 Å². The number of aryl methyl sites for hydroxylation is 1. The first-order chi connectivity index (χ1) is 17.0.